The summed E-state index contributed by atoms with van der Waals surface area (Å²) in [6, 6.07) is 0. The van der Waals surface area contributed by atoms with Gasteiger partial charge < -0.3 is 10.0 Å². The van der Waals surface area contributed by atoms with Crippen LogP contribution in [0.3, 0.4) is 0 Å². The topological polar surface area (TPSA) is 41.3 Å². The van der Waals surface area contributed by atoms with Crippen LogP contribution in [0.25, 0.3) is 0 Å². The molecule has 1 heterocycles. The van der Waals surface area contributed by atoms with Gasteiger partial charge in [-0.15, -0.1) is 0 Å². The maximum Gasteiger partial charge on any atom is 0.102 e. The van der Waals surface area contributed by atoms with Crippen LogP contribution in [-0.4, -0.2) is 40.4 Å². The van der Waals surface area contributed by atoms with Crippen molar-refractivity contribution in [2.75, 3.05) is 20.6 Å². The molecule has 0 spiro atoms. The highest BCUT2D eigenvalue weighted by molar-refractivity contribution is 9.10. The lowest BCUT2D eigenvalue weighted by Gasteiger charge is -2.30. The molecule has 1 saturated carbocycles. The fraction of sp³-hybridized carbons (Fsp3) is 0.786. The van der Waals surface area contributed by atoms with Gasteiger partial charge in [0.25, 0.3) is 0 Å². The van der Waals surface area contributed by atoms with Crippen molar-refractivity contribution < 1.29 is 5.11 Å². The van der Waals surface area contributed by atoms with E-state index in [-0.39, 0.29) is 5.41 Å². The van der Waals surface area contributed by atoms with Gasteiger partial charge >= 0.3 is 0 Å². The van der Waals surface area contributed by atoms with E-state index in [1.54, 1.807) is 6.20 Å². The average Bonchev–Trinajstić information content (AvgIpc) is 2.93. The second kappa shape index (κ2) is 5.94. The smallest absolute Gasteiger partial charge is 0.102 e. The molecule has 19 heavy (non-hydrogen) atoms. The molecule has 1 fully saturated rings. The molecule has 4 nitrogen and oxygen atoms in total. The van der Waals surface area contributed by atoms with Crippen LogP contribution in [0.2, 0.25) is 0 Å². The summed E-state index contributed by atoms with van der Waals surface area (Å²) in [5.74, 6) is 0. The highest BCUT2D eigenvalue weighted by atomic mass is 79.9. The molecule has 0 aliphatic heterocycles. The summed E-state index contributed by atoms with van der Waals surface area (Å²) in [7, 11) is 4.10. The molecule has 0 radical (unpaired) electrons. The lowest BCUT2D eigenvalue weighted by atomic mass is 9.81. The van der Waals surface area contributed by atoms with Crippen molar-refractivity contribution in [3.05, 3.63) is 16.4 Å². The fourth-order valence-electron chi connectivity index (χ4n) is 2.90. The van der Waals surface area contributed by atoms with Gasteiger partial charge in [0.15, 0.2) is 0 Å². The Morgan fingerprint density at radius 2 is 2.11 bits per heavy atom. The van der Waals surface area contributed by atoms with E-state index in [9.17, 15) is 5.11 Å². The Kier molecular flexibility index (Phi) is 4.69. The number of hydrogen-bond acceptors (Lipinski definition) is 3. The predicted molar refractivity (Wildman–Crippen MR) is 80.0 cm³/mol. The van der Waals surface area contributed by atoms with Gasteiger partial charge in [0.1, 0.15) is 6.10 Å². The lowest BCUT2D eigenvalue weighted by Crippen LogP contribution is -2.27. The summed E-state index contributed by atoms with van der Waals surface area (Å²) < 4.78 is 2.87. The Morgan fingerprint density at radius 1 is 1.47 bits per heavy atom. The van der Waals surface area contributed by atoms with Crippen LogP contribution >= 0.6 is 15.9 Å². The summed E-state index contributed by atoms with van der Waals surface area (Å²) in [6.45, 7) is 3.92. The number of aromatic nitrogens is 2. The number of hydrogen-bond donors (Lipinski definition) is 1. The summed E-state index contributed by atoms with van der Waals surface area (Å²) in [6.07, 6.45) is 5.99. The second-order valence-electron chi connectivity index (χ2n) is 6.17. The number of rotatable bonds is 5. The maximum absolute atomic E-state index is 10.8. The van der Waals surface area contributed by atoms with Crippen molar-refractivity contribution in [2.24, 2.45) is 5.41 Å². The Hall–Kier alpha value is -0.390. The first-order valence-electron chi connectivity index (χ1n) is 6.98. The summed E-state index contributed by atoms with van der Waals surface area (Å²) in [5.41, 5.74) is 0.935. The quantitative estimate of drug-likeness (QED) is 0.903. The summed E-state index contributed by atoms with van der Waals surface area (Å²) in [4.78, 5) is 2.13. The number of likely N-dealkylation sites (N-methyl/N-ethyl adjacent to an activating group) is 1. The van der Waals surface area contributed by atoms with Crippen molar-refractivity contribution >= 4 is 15.9 Å². The molecule has 1 aliphatic carbocycles. The van der Waals surface area contributed by atoms with Crippen molar-refractivity contribution in [3.63, 3.8) is 0 Å². The van der Waals surface area contributed by atoms with Crippen LogP contribution in [0.1, 0.15) is 44.4 Å². The predicted octanol–water partition coefficient (Wildman–Crippen LogP) is 2.82. The van der Waals surface area contributed by atoms with Crippen molar-refractivity contribution in [3.8, 4) is 0 Å². The minimum absolute atomic E-state index is 0.00157. The first kappa shape index (κ1) is 15.0. The molecule has 0 saturated heterocycles. The monoisotopic (exact) mass is 329 g/mol. The third kappa shape index (κ3) is 3.20. The van der Waals surface area contributed by atoms with Crippen molar-refractivity contribution in [1.29, 1.82) is 0 Å². The zero-order valence-corrected chi connectivity index (χ0v) is 13.7. The van der Waals surface area contributed by atoms with Gasteiger partial charge in [-0.05, 0) is 48.3 Å². The van der Waals surface area contributed by atoms with Crippen LogP contribution < -0.4 is 0 Å². The number of aliphatic hydroxyl groups excluding tert-OH is 1. The van der Waals surface area contributed by atoms with Gasteiger partial charge in [-0.25, -0.2) is 0 Å². The Bertz CT molecular complexity index is 424. The lowest BCUT2D eigenvalue weighted by molar-refractivity contribution is 0.0326. The van der Waals surface area contributed by atoms with Gasteiger partial charge in [0.2, 0.25) is 0 Å². The number of nitrogens with zero attached hydrogens (tertiary/aromatic N) is 3. The maximum atomic E-state index is 10.8. The first-order chi connectivity index (χ1) is 8.94. The van der Waals surface area contributed by atoms with E-state index in [4.69, 9.17) is 0 Å². The van der Waals surface area contributed by atoms with E-state index >= 15 is 0 Å². The third-order valence-corrected chi connectivity index (χ3v) is 4.87. The van der Waals surface area contributed by atoms with Crippen LogP contribution in [0.15, 0.2) is 10.7 Å². The summed E-state index contributed by atoms with van der Waals surface area (Å²) in [5, 5.41) is 15.2. The highest BCUT2D eigenvalue weighted by Gasteiger charge is 2.39. The third-order valence-electron chi connectivity index (χ3n) is 4.26. The zero-order valence-electron chi connectivity index (χ0n) is 12.1. The molecule has 1 aromatic rings. The van der Waals surface area contributed by atoms with E-state index < -0.39 is 6.10 Å². The molecule has 1 aromatic heterocycles. The Balaban J connectivity index is 2.20. The Morgan fingerprint density at radius 3 is 2.68 bits per heavy atom. The van der Waals surface area contributed by atoms with Gasteiger partial charge in [-0.2, -0.15) is 5.10 Å². The standard InChI is InChI=1S/C14H24BrN3O/c1-14(6-4-5-7-14)13(19)12-11(15)10-16-18(12)9-8-17(2)3/h10,13,19H,4-9H2,1-3H3. The normalized spacial score (nSPS) is 20.1. The molecule has 1 atom stereocenters. The minimum Gasteiger partial charge on any atom is -0.386 e. The summed E-state index contributed by atoms with van der Waals surface area (Å²) >= 11 is 3.54. The molecular weight excluding hydrogens is 306 g/mol. The van der Waals surface area contributed by atoms with Crippen LogP contribution in [0.4, 0.5) is 0 Å². The number of halogens is 1. The average molecular weight is 330 g/mol. The van der Waals surface area contributed by atoms with Crippen LogP contribution in [0, 0.1) is 5.41 Å². The van der Waals surface area contributed by atoms with E-state index in [0.29, 0.717) is 0 Å². The molecule has 2 rings (SSSR count). The molecule has 1 N–H and O–H groups in total. The molecule has 108 valence electrons. The largest absolute Gasteiger partial charge is 0.386 e. The molecule has 0 bridgehead atoms. The van der Waals surface area contributed by atoms with E-state index in [1.165, 1.54) is 12.8 Å². The Labute approximate surface area is 123 Å². The minimum atomic E-state index is -0.436. The van der Waals surface area contributed by atoms with Gasteiger partial charge in [0.05, 0.1) is 22.9 Å². The SMILES string of the molecule is CN(C)CCn1ncc(Br)c1C(O)C1(C)CCCC1. The van der Waals surface area contributed by atoms with Gasteiger partial charge in [-0.3, -0.25) is 4.68 Å². The van der Waals surface area contributed by atoms with E-state index in [1.807, 2.05) is 18.8 Å². The molecule has 0 amide bonds. The van der Waals surface area contributed by atoms with Crippen LogP contribution in [0.5, 0.6) is 0 Å². The van der Waals surface area contributed by atoms with Crippen molar-refractivity contribution in [1.82, 2.24) is 14.7 Å². The fourth-order valence-corrected chi connectivity index (χ4v) is 3.42. The molecule has 5 heteroatoms. The van der Waals surface area contributed by atoms with E-state index in [0.717, 1.165) is 36.1 Å². The van der Waals surface area contributed by atoms with Crippen molar-refractivity contribution in [2.45, 2.75) is 45.3 Å². The van der Waals surface area contributed by atoms with Crippen LogP contribution in [-0.2, 0) is 6.54 Å². The first-order valence-corrected chi connectivity index (χ1v) is 7.77. The molecular formula is C14H24BrN3O. The highest BCUT2D eigenvalue weighted by Crippen LogP contribution is 2.48. The molecule has 1 aliphatic rings. The zero-order chi connectivity index (χ0) is 14.0. The molecule has 1 unspecified atom stereocenters. The second-order valence-corrected chi connectivity index (χ2v) is 7.02. The number of aliphatic hydroxyl groups is 1. The van der Waals surface area contributed by atoms with E-state index in [2.05, 4.69) is 32.9 Å². The molecule has 0 aromatic carbocycles. The van der Waals surface area contributed by atoms with Gasteiger partial charge in [0, 0.05) is 6.54 Å². The van der Waals surface area contributed by atoms with Gasteiger partial charge in [-0.1, -0.05) is 19.8 Å².